The molecular formula is C28H36HfSi. The van der Waals surface area contributed by atoms with Crippen LogP contribution in [0.25, 0.3) is 21.5 Å². The first kappa shape index (κ1) is 25.0. The maximum absolute atomic E-state index is 2.35. The van der Waals surface area contributed by atoms with Crippen molar-refractivity contribution in [3.05, 3.63) is 83.9 Å². The zero-order valence-electron chi connectivity index (χ0n) is 19.9. The monoisotopic (exact) mass is 580 g/mol. The Kier molecular flexibility index (Phi) is 8.65. The van der Waals surface area contributed by atoms with Gasteiger partial charge in [-0.15, -0.1) is 39.7 Å². The second-order valence-electron chi connectivity index (χ2n) is 10.2. The third kappa shape index (κ3) is 7.16. The summed E-state index contributed by atoms with van der Waals surface area (Å²) in [5.41, 5.74) is 3.47. The Hall–Kier alpha value is -1.25. The molecule has 0 aliphatic carbocycles. The molecule has 0 fully saturated rings. The van der Waals surface area contributed by atoms with Crippen molar-refractivity contribution in [2.75, 3.05) is 0 Å². The molecule has 0 aliphatic heterocycles. The average molecular weight is 579 g/mol. The number of rotatable bonds is 0. The molecule has 0 aromatic heterocycles. The first-order chi connectivity index (χ1) is 13.9. The van der Waals surface area contributed by atoms with Crippen LogP contribution in [0.15, 0.2) is 72.8 Å². The predicted molar refractivity (Wildman–Crippen MR) is 134 cm³/mol. The molecule has 4 rings (SSSR count). The van der Waals surface area contributed by atoms with Crippen LogP contribution in [-0.4, -0.2) is 5.49 Å². The molecule has 156 valence electrons. The van der Waals surface area contributed by atoms with Crippen LogP contribution in [0.1, 0.15) is 52.7 Å². The van der Waals surface area contributed by atoms with Crippen LogP contribution in [0.4, 0.5) is 0 Å². The quantitative estimate of drug-likeness (QED) is 0.145. The Morgan fingerprint density at radius 2 is 1.07 bits per heavy atom. The summed E-state index contributed by atoms with van der Waals surface area (Å²) < 4.78 is 0. The summed E-state index contributed by atoms with van der Waals surface area (Å²) in [6.07, 6.45) is 0. The molecule has 0 heterocycles. The van der Waals surface area contributed by atoms with E-state index in [4.69, 9.17) is 0 Å². The van der Waals surface area contributed by atoms with Crippen molar-refractivity contribution in [1.29, 1.82) is 0 Å². The van der Waals surface area contributed by atoms with E-state index in [1.54, 1.807) is 0 Å². The van der Waals surface area contributed by atoms with Crippen LogP contribution in [0.5, 0.6) is 0 Å². The van der Waals surface area contributed by atoms with Gasteiger partial charge in [-0.05, 0) is 10.8 Å². The average Bonchev–Trinajstić information content (AvgIpc) is 3.30. The fourth-order valence-electron chi connectivity index (χ4n) is 3.28. The van der Waals surface area contributed by atoms with E-state index in [2.05, 4.69) is 97.1 Å². The van der Waals surface area contributed by atoms with Crippen molar-refractivity contribution >= 4 is 27.0 Å². The SMILES string of the molecule is CC(C)(C)c1ccc2c(c1)[cH-]c1cc(C(C)(C)C)ccc12.C[Si](C)=[Hf+2].c1cc[cH-]c1. The summed E-state index contributed by atoms with van der Waals surface area (Å²) in [4.78, 5) is 0. The summed E-state index contributed by atoms with van der Waals surface area (Å²) in [6, 6.07) is 26.2. The van der Waals surface area contributed by atoms with Crippen LogP contribution in [-0.2, 0) is 33.8 Å². The molecule has 4 aromatic rings. The summed E-state index contributed by atoms with van der Waals surface area (Å²) in [5.74, 6) is 0. The van der Waals surface area contributed by atoms with Crippen LogP contribution >= 0.6 is 0 Å². The van der Waals surface area contributed by atoms with Crippen molar-refractivity contribution in [1.82, 2.24) is 0 Å². The first-order valence-electron chi connectivity index (χ1n) is 10.7. The first-order valence-corrected chi connectivity index (χ1v) is 18.6. The minimum atomic E-state index is 0.203. The minimum absolute atomic E-state index is 0.203. The van der Waals surface area contributed by atoms with E-state index in [9.17, 15) is 0 Å². The third-order valence-electron chi connectivity index (χ3n) is 4.99. The molecule has 0 saturated carbocycles. The van der Waals surface area contributed by atoms with E-state index in [-0.39, 0.29) is 16.3 Å². The molecule has 0 radical (unpaired) electrons. The van der Waals surface area contributed by atoms with Gasteiger partial charge < -0.3 is 0 Å². The van der Waals surface area contributed by atoms with Gasteiger partial charge in [-0.2, -0.15) is 18.2 Å². The summed E-state index contributed by atoms with van der Waals surface area (Å²) >= 11 is 1.45. The third-order valence-corrected chi connectivity index (χ3v) is 4.99. The van der Waals surface area contributed by atoms with Crippen molar-refractivity contribution in [2.45, 2.75) is 65.5 Å². The number of hydrogen-bond donors (Lipinski definition) is 0. The Bertz CT molecular complexity index is 994. The van der Waals surface area contributed by atoms with Crippen molar-refractivity contribution in [2.24, 2.45) is 0 Å². The zero-order chi connectivity index (χ0) is 22.5. The van der Waals surface area contributed by atoms with Gasteiger partial charge in [0.25, 0.3) is 0 Å². The second-order valence-corrected chi connectivity index (χ2v) is 23.0. The Balaban J connectivity index is 0.000000297. The molecule has 2 heteroatoms. The largest absolute Gasteiger partial charge is 0.214 e. The van der Waals surface area contributed by atoms with Gasteiger partial charge >= 0.3 is 41.6 Å². The fraction of sp³-hybridized carbons (Fsp3) is 0.357. The predicted octanol–water partition coefficient (Wildman–Crippen LogP) is 8.50. The van der Waals surface area contributed by atoms with Crippen molar-refractivity contribution in [3.63, 3.8) is 0 Å². The molecule has 0 spiro atoms. The van der Waals surface area contributed by atoms with Gasteiger partial charge in [-0.1, -0.05) is 76.9 Å². The van der Waals surface area contributed by atoms with Crippen molar-refractivity contribution in [3.8, 4) is 0 Å². The summed E-state index contributed by atoms with van der Waals surface area (Å²) in [6.45, 7) is 18.3. The molecule has 0 atom stereocenters. The normalized spacial score (nSPS) is 11.5. The van der Waals surface area contributed by atoms with Gasteiger partial charge in [-0.25, -0.2) is 12.1 Å². The molecule has 0 aliphatic rings. The topological polar surface area (TPSA) is 0 Å². The van der Waals surface area contributed by atoms with E-state index < -0.39 is 0 Å². The van der Waals surface area contributed by atoms with E-state index in [1.807, 2.05) is 30.3 Å². The Labute approximate surface area is 198 Å². The van der Waals surface area contributed by atoms with Gasteiger partial charge in [0.2, 0.25) is 0 Å². The fourth-order valence-corrected chi connectivity index (χ4v) is 3.28. The Morgan fingerprint density at radius 1 is 0.700 bits per heavy atom. The van der Waals surface area contributed by atoms with Gasteiger partial charge in [0.05, 0.1) is 0 Å². The summed E-state index contributed by atoms with van der Waals surface area (Å²) in [5, 5.41) is 5.48. The molecule has 0 unspecified atom stereocenters. The van der Waals surface area contributed by atoms with Crippen LogP contribution in [0.3, 0.4) is 0 Å². The molecule has 30 heavy (non-hydrogen) atoms. The molecular weight excluding hydrogens is 543 g/mol. The van der Waals surface area contributed by atoms with Gasteiger partial charge in [0.15, 0.2) is 0 Å². The van der Waals surface area contributed by atoms with Crippen LogP contribution in [0, 0.1) is 0 Å². The van der Waals surface area contributed by atoms with Crippen LogP contribution < -0.4 is 0 Å². The molecule has 0 N–H and O–H groups in total. The van der Waals surface area contributed by atoms with Gasteiger partial charge in [0, 0.05) is 0 Å². The van der Waals surface area contributed by atoms with Gasteiger partial charge in [-0.3, -0.25) is 0 Å². The maximum atomic E-state index is 2.35. The number of fused-ring (bicyclic) bond motifs is 3. The molecule has 0 amide bonds. The Morgan fingerprint density at radius 3 is 1.33 bits per heavy atom. The van der Waals surface area contributed by atoms with E-state index in [0.717, 1.165) is 0 Å². The molecule has 0 bridgehead atoms. The molecule has 0 nitrogen and oxygen atoms in total. The number of benzene rings is 2. The zero-order valence-corrected chi connectivity index (χ0v) is 24.5. The minimum Gasteiger partial charge on any atom is -0.214 e. The molecule has 4 aromatic carbocycles. The maximum Gasteiger partial charge on any atom is -0.172 e. The van der Waals surface area contributed by atoms with E-state index >= 15 is 0 Å². The van der Waals surface area contributed by atoms with E-state index in [1.165, 1.54) is 55.7 Å². The van der Waals surface area contributed by atoms with Crippen molar-refractivity contribution < 1.29 is 23.0 Å². The standard InChI is InChI=1S/C21H25.C5H5.C2H6Si.Hf/c1-20(2,3)16-7-9-18-14(12-16)11-15-13-17(21(4,5)6)8-10-19(15)18;1-2-4-5-3-1;1-3-2;/h7-13H,1-6H3;1-5H;1-2H3;/q2*-1;;+2. The number of hydrogen-bond acceptors (Lipinski definition) is 0. The van der Waals surface area contributed by atoms with Gasteiger partial charge in [0.1, 0.15) is 0 Å². The smallest absolute Gasteiger partial charge is 0.172 e. The second kappa shape index (κ2) is 10.4. The summed E-state index contributed by atoms with van der Waals surface area (Å²) in [7, 11) is 0. The van der Waals surface area contributed by atoms with Crippen LogP contribution in [0.2, 0.25) is 13.1 Å². The van der Waals surface area contributed by atoms with E-state index in [0.29, 0.717) is 0 Å². The molecule has 0 saturated heterocycles.